The number of hydrogen-bond acceptors (Lipinski definition) is 2. The molecule has 19 heavy (non-hydrogen) atoms. The van der Waals surface area contributed by atoms with Crippen LogP contribution in [-0.4, -0.2) is 28.0 Å². The van der Waals surface area contributed by atoms with Crippen LogP contribution in [0.2, 0.25) is 0 Å². The Labute approximate surface area is 115 Å². The van der Waals surface area contributed by atoms with Gasteiger partial charge in [-0.15, -0.1) is 0 Å². The Morgan fingerprint density at radius 3 is 2.89 bits per heavy atom. The van der Waals surface area contributed by atoms with E-state index in [1.807, 2.05) is 11.8 Å². The van der Waals surface area contributed by atoms with Gasteiger partial charge in [-0.25, -0.2) is 0 Å². The molecule has 1 aromatic heterocycles. The van der Waals surface area contributed by atoms with E-state index in [0.29, 0.717) is 6.42 Å². The highest BCUT2D eigenvalue weighted by Crippen LogP contribution is 2.27. The molecule has 1 amide bonds. The molecule has 1 aliphatic heterocycles. The SMILES string of the molecule is Cc1ccc2n1CCN(C(=O)CCCC(C)N)C2C. The van der Waals surface area contributed by atoms with Crippen molar-refractivity contribution in [1.82, 2.24) is 9.47 Å². The van der Waals surface area contributed by atoms with E-state index in [2.05, 4.69) is 30.5 Å². The predicted molar refractivity (Wildman–Crippen MR) is 76.8 cm³/mol. The Kier molecular flexibility index (Phi) is 4.30. The molecule has 0 aliphatic carbocycles. The summed E-state index contributed by atoms with van der Waals surface area (Å²) >= 11 is 0. The van der Waals surface area contributed by atoms with Gasteiger partial charge < -0.3 is 15.2 Å². The molecule has 0 aromatic carbocycles. The van der Waals surface area contributed by atoms with E-state index < -0.39 is 0 Å². The summed E-state index contributed by atoms with van der Waals surface area (Å²) in [5, 5.41) is 0. The van der Waals surface area contributed by atoms with Crippen molar-refractivity contribution in [2.45, 2.75) is 58.7 Å². The van der Waals surface area contributed by atoms with E-state index in [-0.39, 0.29) is 18.0 Å². The fourth-order valence-corrected chi connectivity index (χ4v) is 2.88. The van der Waals surface area contributed by atoms with Crippen LogP contribution in [-0.2, 0) is 11.3 Å². The first-order valence-electron chi connectivity index (χ1n) is 7.21. The third kappa shape index (κ3) is 3.00. The van der Waals surface area contributed by atoms with Crippen LogP contribution >= 0.6 is 0 Å². The highest BCUT2D eigenvalue weighted by atomic mass is 16.2. The zero-order chi connectivity index (χ0) is 14.0. The van der Waals surface area contributed by atoms with Gasteiger partial charge in [0, 0.05) is 36.9 Å². The third-order valence-electron chi connectivity index (χ3n) is 4.06. The first-order valence-corrected chi connectivity index (χ1v) is 7.21. The molecule has 2 unspecified atom stereocenters. The lowest BCUT2D eigenvalue weighted by atomic mass is 10.1. The third-order valence-corrected chi connectivity index (χ3v) is 4.06. The summed E-state index contributed by atoms with van der Waals surface area (Å²) in [6.07, 6.45) is 2.43. The lowest BCUT2D eigenvalue weighted by Crippen LogP contribution is -2.41. The van der Waals surface area contributed by atoms with Gasteiger partial charge in [0.25, 0.3) is 0 Å². The Hall–Kier alpha value is -1.29. The van der Waals surface area contributed by atoms with Crippen LogP contribution in [0, 0.1) is 6.92 Å². The smallest absolute Gasteiger partial charge is 0.223 e. The lowest BCUT2D eigenvalue weighted by molar-refractivity contribution is -0.134. The maximum Gasteiger partial charge on any atom is 0.223 e. The Balaban J connectivity index is 1.97. The van der Waals surface area contributed by atoms with Gasteiger partial charge in [-0.05, 0) is 45.7 Å². The lowest BCUT2D eigenvalue weighted by Gasteiger charge is -2.35. The molecule has 0 saturated carbocycles. The summed E-state index contributed by atoms with van der Waals surface area (Å²) in [6, 6.07) is 4.65. The van der Waals surface area contributed by atoms with Gasteiger partial charge in [-0.1, -0.05) is 0 Å². The number of aromatic nitrogens is 1. The minimum Gasteiger partial charge on any atom is -0.345 e. The van der Waals surface area contributed by atoms with Gasteiger partial charge in [0.2, 0.25) is 5.91 Å². The summed E-state index contributed by atoms with van der Waals surface area (Å²) in [5.41, 5.74) is 8.26. The fraction of sp³-hybridized carbons (Fsp3) is 0.667. The van der Waals surface area contributed by atoms with Crippen molar-refractivity contribution in [3.63, 3.8) is 0 Å². The average molecular weight is 263 g/mol. The Morgan fingerprint density at radius 1 is 1.47 bits per heavy atom. The van der Waals surface area contributed by atoms with E-state index in [9.17, 15) is 4.79 Å². The minimum absolute atomic E-state index is 0.185. The van der Waals surface area contributed by atoms with E-state index >= 15 is 0 Å². The number of fused-ring (bicyclic) bond motifs is 1. The number of aryl methyl sites for hydroxylation is 1. The van der Waals surface area contributed by atoms with Crippen LogP contribution in [0.1, 0.15) is 50.5 Å². The van der Waals surface area contributed by atoms with Gasteiger partial charge in [0.05, 0.1) is 6.04 Å². The van der Waals surface area contributed by atoms with Gasteiger partial charge in [-0.2, -0.15) is 0 Å². The molecule has 1 aliphatic rings. The highest BCUT2D eigenvalue weighted by molar-refractivity contribution is 5.76. The topological polar surface area (TPSA) is 51.3 Å². The minimum atomic E-state index is 0.185. The molecular weight excluding hydrogens is 238 g/mol. The number of rotatable bonds is 4. The summed E-state index contributed by atoms with van der Waals surface area (Å²) in [7, 11) is 0. The largest absolute Gasteiger partial charge is 0.345 e. The standard InChI is InChI=1S/C15H25N3O/c1-11(16)5-4-6-15(19)18-10-9-17-12(2)7-8-14(17)13(18)3/h7-8,11,13H,4-6,9-10,16H2,1-3H3. The fourth-order valence-electron chi connectivity index (χ4n) is 2.88. The van der Waals surface area contributed by atoms with Crippen molar-refractivity contribution in [3.8, 4) is 0 Å². The number of hydrogen-bond donors (Lipinski definition) is 1. The average Bonchev–Trinajstić information content (AvgIpc) is 2.72. The molecule has 2 atom stereocenters. The molecule has 4 heteroatoms. The first kappa shape index (κ1) is 14.1. The molecule has 1 aromatic rings. The van der Waals surface area contributed by atoms with Crippen molar-refractivity contribution in [1.29, 1.82) is 0 Å². The summed E-state index contributed by atoms with van der Waals surface area (Å²) < 4.78 is 2.32. The van der Waals surface area contributed by atoms with Crippen LogP contribution in [0.5, 0.6) is 0 Å². The first-order chi connectivity index (χ1) is 9.00. The van der Waals surface area contributed by atoms with Crippen LogP contribution in [0.3, 0.4) is 0 Å². The van der Waals surface area contributed by atoms with E-state index in [1.165, 1.54) is 11.4 Å². The van der Waals surface area contributed by atoms with Gasteiger partial charge >= 0.3 is 0 Å². The van der Waals surface area contributed by atoms with E-state index in [0.717, 1.165) is 25.9 Å². The highest BCUT2D eigenvalue weighted by Gasteiger charge is 2.27. The molecule has 0 saturated heterocycles. The van der Waals surface area contributed by atoms with E-state index in [4.69, 9.17) is 5.73 Å². The van der Waals surface area contributed by atoms with Gasteiger partial charge in [0.1, 0.15) is 0 Å². The number of nitrogens with zero attached hydrogens (tertiary/aromatic N) is 2. The zero-order valence-electron chi connectivity index (χ0n) is 12.2. The predicted octanol–water partition coefficient (Wildman–Crippen LogP) is 2.22. The molecule has 0 fully saturated rings. The second kappa shape index (κ2) is 5.78. The maximum absolute atomic E-state index is 12.3. The normalized spacial score (nSPS) is 20.2. The Morgan fingerprint density at radius 2 is 2.21 bits per heavy atom. The molecule has 0 bridgehead atoms. The summed E-state index contributed by atoms with van der Waals surface area (Å²) in [4.78, 5) is 14.3. The van der Waals surface area contributed by atoms with Crippen LogP contribution in [0.4, 0.5) is 0 Å². The molecule has 2 rings (SSSR count). The van der Waals surface area contributed by atoms with Crippen LogP contribution in [0.25, 0.3) is 0 Å². The number of nitrogens with two attached hydrogens (primary N) is 1. The number of carbonyl (C=O) groups is 1. The second-order valence-electron chi connectivity index (χ2n) is 5.68. The number of carbonyl (C=O) groups excluding carboxylic acids is 1. The monoisotopic (exact) mass is 263 g/mol. The summed E-state index contributed by atoms with van der Waals surface area (Å²) in [5.74, 6) is 0.262. The van der Waals surface area contributed by atoms with E-state index in [1.54, 1.807) is 0 Å². The van der Waals surface area contributed by atoms with Crippen molar-refractivity contribution >= 4 is 5.91 Å². The van der Waals surface area contributed by atoms with Crippen molar-refractivity contribution in [2.24, 2.45) is 5.73 Å². The quantitative estimate of drug-likeness (QED) is 0.905. The van der Waals surface area contributed by atoms with Gasteiger partial charge in [-0.3, -0.25) is 4.79 Å². The molecular formula is C15H25N3O. The van der Waals surface area contributed by atoms with Crippen molar-refractivity contribution < 1.29 is 4.79 Å². The van der Waals surface area contributed by atoms with Crippen LogP contribution in [0.15, 0.2) is 12.1 Å². The maximum atomic E-state index is 12.3. The molecule has 4 nitrogen and oxygen atoms in total. The molecule has 2 heterocycles. The summed E-state index contributed by atoms with van der Waals surface area (Å²) in [6.45, 7) is 7.96. The molecule has 106 valence electrons. The Bertz CT molecular complexity index is 450. The molecule has 0 radical (unpaired) electrons. The molecule has 2 N–H and O–H groups in total. The van der Waals surface area contributed by atoms with Crippen molar-refractivity contribution in [2.75, 3.05) is 6.54 Å². The zero-order valence-corrected chi connectivity index (χ0v) is 12.2. The number of amides is 1. The van der Waals surface area contributed by atoms with Crippen molar-refractivity contribution in [3.05, 3.63) is 23.5 Å². The second-order valence-corrected chi connectivity index (χ2v) is 5.68. The van der Waals surface area contributed by atoms with Gasteiger partial charge in [0.15, 0.2) is 0 Å². The molecule has 0 spiro atoms. The van der Waals surface area contributed by atoms with Crippen LogP contribution < -0.4 is 5.73 Å².